The zero-order chi connectivity index (χ0) is 10.6. The summed E-state index contributed by atoms with van der Waals surface area (Å²) in [7, 11) is 0. The van der Waals surface area contributed by atoms with E-state index >= 15 is 0 Å². The maximum absolute atomic E-state index is 9.79. The highest BCUT2D eigenvalue weighted by Crippen LogP contribution is 2.31. The van der Waals surface area contributed by atoms with E-state index in [1.807, 2.05) is 0 Å². The maximum Gasteiger partial charge on any atom is 0.0895 e. The van der Waals surface area contributed by atoms with Gasteiger partial charge < -0.3 is 5.11 Å². The molecule has 0 amide bonds. The first-order chi connectivity index (χ1) is 6.66. The van der Waals surface area contributed by atoms with Gasteiger partial charge in [0.2, 0.25) is 0 Å². The van der Waals surface area contributed by atoms with Gasteiger partial charge in [-0.15, -0.1) is 0 Å². The molecule has 0 aliphatic heterocycles. The van der Waals surface area contributed by atoms with Crippen LogP contribution in [0.1, 0.15) is 18.6 Å². The minimum atomic E-state index is -0.536. The lowest BCUT2D eigenvalue weighted by Gasteiger charge is -2.12. The minimum absolute atomic E-state index is 0.457. The van der Waals surface area contributed by atoms with E-state index in [0.29, 0.717) is 21.4 Å². The summed E-state index contributed by atoms with van der Waals surface area (Å²) in [6.45, 7) is 2.05. The second kappa shape index (κ2) is 5.86. The molecule has 0 aliphatic rings. The largest absolute Gasteiger partial charge is 0.387 e. The van der Waals surface area contributed by atoms with E-state index in [9.17, 15) is 5.11 Å². The Hall–Kier alpha value is 0.110. The summed E-state index contributed by atoms with van der Waals surface area (Å²) in [5, 5.41) is 10.7. The molecule has 1 rings (SSSR count). The van der Waals surface area contributed by atoms with Gasteiger partial charge in [-0.3, -0.25) is 0 Å². The van der Waals surface area contributed by atoms with Crippen molar-refractivity contribution in [1.29, 1.82) is 0 Å². The van der Waals surface area contributed by atoms with Crippen LogP contribution in [0.2, 0.25) is 10.0 Å². The quantitative estimate of drug-likeness (QED) is 0.878. The molecule has 1 N–H and O–H groups in total. The molecule has 0 fully saturated rings. The lowest BCUT2D eigenvalue weighted by atomic mass is 10.1. The molecule has 0 heterocycles. The molecule has 0 saturated carbocycles. The number of hydrogen-bond acceptors (Lipinski definition) is 2. The van der Waals surface area contributed by atoms with Gasteiger partial charge in [-0.05, 0) is 11.8 Å². The zero-order valence-corrected chi connectivity index (χ0v) is 10.2. The van der Waals surface area contributed by atoms with Crippen LogP contribution in [0.3, 0.4) is 0 Å². The van der Waals surface area contributed by atoms with Crippen LogP contribution in [-0.2, 0) is 0 Å². The topological polar surface area (TPSA) is 20.2 Å². The van der Waals surface area contributed by atoms with Crippen molar-refractivity contribution >= 4 is 35.0 Å². The molecule has 0 bridgehead atoms. The van der Waals surface area contributed by atoms with Crippen LogP contribution in [0, 0.1) is 0 Å². The van der Waals surface area contributed by atoms with Crippen LogP contribution in [0.4, 0.5) is 0 Å². The van der Waals surface area contributed by atoms with E-state index in [2.05, 4.69) is 6.92 Å². The molecule has 0 aliphatic carbocycles. The average molecular weight is 251 g/mol. The molecule has 0 spiro atoms. The van der Waals surface area contributed by atoms with Crippen molar-refractivity contribution in [3.63, 3.8) is 0 Å². The molecule has 4 heteroatoms. The molecule has 0 radical (unpaired) electrons. The Kier molecular flexibility index (Phi) is 5.10. The Morgan fingerprint density at radius 1 is 1.43 bits per heavy atom. The van der Waals surface area contributed by atoms with Gasteiger partial charge in [-0.1, -0.05) is 42.3 Å². The summed E-state index contributed by atoms with van der Waals surface area (Å²) < 4.78 is 0. The van der Waals surface area contributed by atoms with Crippen LogP contribution in [0.25, 0.3) is 0 Å². The second-order valence-corrected chi connectivity index (χ2v) is 4.92. The number of hydrogen-bond donors (Lipinski definition) is 1. The molecular formula is C10H12Cl2OS. The first kappa shape index (κ1) is 12.2. The van der Waals surface area contributed by atoms with Crippen molar-refractivity contribution in [3.8, 4) is 0 Å². The maximum atomic E-state index is 9.79. The van der Waals surface area contributed by atoms with Crippen LogP contribution in [0.15, 0.2) is 18.2 Å². The monoisotopic (exact) mass is 250 g/mol. The number of rotatable bonds is 4. The van der Waals surface area contributed by atoms with Crippen molar-refractivity contribution in [2.45, 2.75) is 13.0 Å². The molecule has 0 aromatic heterocycles. The third kappa shape index (κ3) is 3.06. The molecule has 14 heavy (non-hydrogen) atoms. The summed E-state index contributed by atoms with van der Waals surface area (Å²) >= 11 is 13.5. The third-order valence-corrected chi connectivity index (χ3v) is 3.61. The SMILES string of the molecule is CCSCC(O)c1cccc(Cl)c1Cl. The number of aliphatic hydroxyl groups excluding tert-OH is 1. The average Bonchev–Trinajstić information content (AvgIpc) is 2.18. The molecule has 1 nitrogen and oxygen atoms in total. The predicted molar refractivity (Wildman–Crippen MR) is 64.4 cm³/mol. The van der Waals surface area contributed by atoms with Crippen molar-refractivity contribution in [2.75, 3.05) is 11.5 Å². The van der Waals surface area contributed by atoms with Crippen molar-refractivity contribution in [1.82, 2.24) is 0 Å². The van der Waals surface area contributed by atoms with Gasteiger partial charge in [0.15, 0.2) is 0 Å². The highest BCUT2D eigenvalue weighted by atomic mass is 35.5. The van der Waals surface area contributed by atoms with E-state index in [-0.39, 0.29) is 0 Å². The van der Waals surface area contributed by atoms with Gasteiger partial charge in [-0.2, -0.15) is 11.8 Å². The number of aliphatic hydroxyl groups is 1. The van der Waals surface area contributed by atoms with Crippen molar-refractivity contribution in [2.24, 2.45) is 0 Å². The first-order valence-electron chi connectivity index (χ1n) is 4.36. The fourth-order valence-electron chi connectivity index (χ4n) is 1.10. The lowest BCUT2D eigenvalue weighted by molar-refractivity contribution is 0.204. The summed E-state index contributed by atoms with van der Waals surface area (Å²) in [4.78, 5) is 0. The second-order valence-electron chi connectivity index (χ2n) is 2.82. The van der Waals surface area contributed by atoms with Crippen LogP contribution in [-0.4, -0.2) is 16.6 Å². The Morgan fingerprint density at radius 2 is 2.14 bits per heavy atom. The Bertz CT molecular complexity index is 304. The van der Waals surface area contributed by atoms with Gasteiger partial charge in [0, 0.05) is 11.3 Å². The number of benzene rings is 1. The van der Waals surface area contributed by atoms with E-state index in [1.165, 1.54) is 0 Å². The molecular weight excluding hydrogens is 239 g/mol. The molecule has 1 atom stereocenters. The lowest BCUT2D eigenvalue weighted by Crippen LogP contribution is -2.01. The van der Waals surface area contributed by atoms with Crippen molar-refractivity contribution in [3.05, 3.63) is 33.8 Å². The van der Waals surface area contributed by atoms with E-state index in [0.717, 1.165) is 5.75 Å². The summed E-state index contributed by atoms with van der Waals surface area (Å²) in [5.74, 6) is 1.63. The fraction of sp³-hybridized carbons (Fsp3) is 0.400. The molecule has 0 saturated heterocycles. The third-order valence-electron chi connectivity index (χ3n) is 1.82. The smallest absolute Gasteiger partial charge is 0.0895 e. The van der Waals surface area contributed by atoms with Gasteiger partial charge in [0.1, 0.15) is 0 Å². The molecule has 1 unspecified atom stereocenters. The standard InChI is InChI=1S/C10H12Cl2OS/c1-2-14-6-9(13)7-4-3-5-8(11)10(7)12/h3-5,9,13H,2,6H2,1H3. The minimum Gasteiger partial charge on any atom is -0.387 e. The first-order valence-corrected chi connectivity index (χ1v) is 6.27. The predicted octanol–water partition coefficient (Wildman–Crippen LogP) is 3.78. The van der Waals surface area contributed by atoms with Crippen molar-refractivity contribution < 1.29 is 5.11 Å². The summed E-state index contributed by atoms with van der Waals surface area (Å²) in [6.07, 6.45) is -0.536. The van der Waals surface area contributed by atoms with E-state index < -0.39 is 6.10 Å². The van der Waals surface area contributed by atoms with E-state index in [1.54, 1.807) is 30.0 Å². The summed E-state index contributed by atoms with van der Waals surface area (Å²) in [6, 6.07) is 5.31. The Labute approximate surface area is 98.4 Å². The summed E-state index contributed by atoms with van der Waals surface area (Å²) in [5.41, 5.74) is 0.708. The number of halogens is 2. The van der Waals surface area contributed by atoms with Gasteiger partial charge >= 0.3 is 0 Å². The van der Waals surface area contributed by atoms with E-state index in [4.69, 9.17) is 23.2 Å². The zero-order valence-electron chi connectivity index (χ0n) is 7.84. The number of thioether (sulfide) groups is 1. The van der Waals surface area contributed by atoms with Crippen LogP contribution in [0.5, 0.6) is 0 Å². The molecule has 1 aromatic carbocycles. The van der Waals surface area contributed by atoms with Gasteiger partial charge in [0.25, 0.3) is 0 Å². The van der Waals surface area contributed by atoms with Crippen LogP contribution >= 0.6 is 35.0 Å². The molecule has 1 aromatic rings. The normalized spacial score (nSPS) is 12.9. The van der Waals surface area contributed by atoms with Crippen LogP contribution < -0.4 is 0 Å². The Balaban J connectivity index is 2.79. The molecule has 78 valence electrons. The highest BCUT2D eigenvalue weighted by Gasteiger charge is 2.12. The fourth-order valence-corrected chi connectivity index (χ4v) is 2.17. The Morgan fingerprint density at radius 3 is 2.79 bits per heavy atom. The van der Waals surface area contributed by atoms with Gasteiger partial charge in [0.05, 0.1) is 16.1 Å². The van der Waals surface area contributed by atoms with Gasteiger partial charge in [-0.25, -0.2) is 0 Å². The highest BCUT2D eigenvalue weighted by molar-refractivity contribution is 7.99.